The van der Waals surface area contributed by atoms with Crippen molar-refractivity contribution in [1.29, 1.82) is 0 Å². The molecule has 0 aromatic heterocycles. The third-order valence-electron chi connectivity index (χ3n) is 4.07. The molecule has 0 spiro atoms. The van der Waals surface area contributed by atoms with Crippen molar-refractivity contribution in [2.24, 2.45) is 0 Å². The van der Waals surface area contributed by atoms with Crippen molar-refractivity contribution in [1.82, 2.24) is 5.32 Å². The van der Waals surface area contributed by atoms with Gasteiger partial charge >= 0.3 is 0 Å². The second-order valence-electron chi connectivity index (χ2n) is 6.37. The van der Waals surface area contributed by atoms with Crippen LogP contribution in [-0.2, 0) is 13.2 Å². The summed E-state index contributed by atoms with van der Waals surface area (Å²) in [5.41, 5.74) is 2.88. The number of aliphatic hydroxyl groups is 1. The summed E-state index contributed by atoms with van der Waals surface area (Å²) in [6.07, 6.45) is 0. The van der Waals surface area contributed by atoms with Gasteiger partial charge < -0.3 is 15.2 Å². The molecule has 3 aromatic carbocycles. The Bertz CT molecular complexity index is 1000. The van der Waals surface area contributed by atoms with Gasteiger partial charge in [-0.25, -0.2) is 0 Å². The number of carbonyl (C=O) groups excluding carboxylic acids is 1. The Labute approximate surface area is 173 Å². The van der Waals surface area contributed by atoms with E-state index in [0.717, 1.165) is 11.1 Å². The van der Waals surface area contributed by atoms with Crippen molar-refractivity contribution in [3.8, 4) is 11.5 Å². The molecule has 6 heteroatoms. The summed E-state index contributed by atoms with van der Waals surface area (Å²) < 4.78 is 5.86. The third-order valence-corrected chi connectivity index (χ3v) is 4.81. The van der Waals surface area contributed by atoms with Crippen LogP contribution in [-0.4, -0.2) is 11.0 Å². The molecule has 0 saturated carbocycles. The van der Waals surface area contributed by atoms with Crippen molar-refractivity contribution < 1.29 is 14.6 Å². The average molecular weight is 416 g/mol. The number of ether oxygens (including phenoxy) is 1. The largest absolute Gasteiger partial charge is 0.457 e. The molecule has 0 atom stereocenters. The smallest absolute Gasteiger partial charge is 0.251 e. The summed E-state index contributed by atoms with van der Waals surface area (Å²) in [5.74, 6) is 0.865. The van der Waals surface area contributed by atoms with Gasteiger partial charge in [-0.1, -0.05) is 41.4 Å². The van der Waals surface area contributed by atoms with Gasteiger partial charge in [0.2, 0.25) is 0 Å². The highest BCUT2D eigenvalue weighted by atomic mass is 35.5. The molecule has 3 aromatic rings. The fourth-order valence-corrected chi connectivity index (χ4v) is 3.01. The molecule has 0 aliphatic rings. The van der Waals surface area contributed by atoms with E-state index in [4.69, 9.17) is 27.9 Å². The molecule has 1 amide bonds. The zero-order valence-electron chi connectivity index (χ0n) is 15.2. The summed E-state index contributed by atoms with van der Waals surface area (Å²) in [5, 5.41) is 13.3. The minimum Gasteiger partial charge on any atom is -0.457 e. The second-order valence-corrected chi connectivity index (χ2v) is 7.19. The van der Waals surface area contributed by atoms with Gasteiger partial charge in [-0.05, 0) is 66.1 Å². The van der Waals surface area contributed by atoms with E-state index in [1.165, 1.54) is 0 Å². The number of amides is 1. The van der Waals surface area contributed by atoms with Crippen molar-refractivity contribution in [2.75, 3.05) is 0 Å². The predicted octanol–water partition coefficient (Wildman–Crippen LogP) is 5.52. The van der Waals surface area contributed by atoms with Gasteiger partial charge in [-0.15, -0.1) is 0 Å². The van der Waals surface area contributed by atoms with Crippen molar-refractivity contribution in [3.63, 3.8) is 0 Å². The van der Waals surface area contributed by atoms with E-state index in [2.05, 4.69) is 5.32 Å². The first-order valence-corrected chi connectivity index (χ1v) is 9.41. The lowest BCUT2D eigenvalue weighted by Crippen LogP contribution is -2.23. The highest BCUT2D eigenvalue weighted by molar-refractivity contribution is 6.42. The molecule has 0 radical (unpaired) electrons. The maximum Gasteiger partial charge on any atom is 0.251 e. The third kappa shape index (κ3) is 5.26. The van der Waals surface area contributed by atoms with Gasteiger partial charge in [0.1, 0.15) is 11.5 Å². The SMILES string of the molecule is Cc1cccc(Oc2cc(CO)cc(C(=O)NCc3ccc(Cl)c(Cl)c3)c2)c1. The van der Waals surface area contributed by atoms with Crippen molar-refractivity contribution in [2.45, 2.75) is 20.1 Å². The highest BCUT2D eigenvalue weighted by Crippen LogP contribution is 2.25. The molecule has 0 saturated heterocycles. The Morgan fingerprint density at radius 3 is 2.50 bits per heavy atom. The van der Waals surface area contributed by atoms with E-state index in [1.807, 2.05) is 31.2 Å². The molecule has 0 aliphatic carbocycles. The number of carbonyl (C=O) groups is 1. The first kappa shape index (κ1) is 20.2. The van der Waals surface area contributed by atoms with E-state index in [0.29, 0.717) is 39.2 Å². The average Bonchev–Trinajstić information content (AvgIpc) is 2.68. The number of nitrogens with one attached hydrogen (secondary N) is 1. The summed E-state index contributed by atoms with van der Waals surface area (Å²) in [6.45, 7) is 2.07. The molecule has 3 rings (SSSR count). The zero-order chi connectivity index (χ0) is 20.1. The number of halogens is 2. The van der Waals surface area contributed by atoms with Crippen LogP contribution in [0.1, 0.15) is 27.0 Å². The van der Waals surface area contributed by atoms with Gasteiger partial charge in [-0.2, -0.15) is 0 Å². The van der Waals surface area contributed by atoms with Crippen LogP contribution >= 0.6 is 23.2 Å². The lowest BCUT2D eigenvalue weighted by Gasteiger charge is -2.11. The summed E-state index contributed by atoms with van der Waals surface area (Å²) >= 11 is 11.9. The first-order valence-electron chi connectivity index (χ1n) is 8.66. The number of hydrogen-bond donors (Lipinski definition) is 2. The Balaban J connectivity index is 1.76. The molecule has 28 heavy (non-hydrogen) atoms. The van der Waals surface area contributed by atoms with Crippen LogP contribution < -0.4 is 10.1 Å². The minimum absolute atomic E-state index is 0.196. The van der Waals surface area contributed by atoms with Crippen molar-refractivity contribution in [3.05, 3.63) is 93.0 Å². The Morgan fingerprint density at radius 2 is 1.79 bits per heavy atom. The Hall–Kier alpha value is -2.53. The zero-order valence-corrected chi connectivity index (χ0v) is 16.7. The van der Waals surface area contributed by atoms with E-state index in [1.54, 1.807) is 36.4 Å². The second kappa shape index (κ2) is 9.11. The van der Waals surface area contributed by atoms with E-state index in [-0.39, 0.29) is 12.5 Å². The van der Waals surface area contributed by atoms with E-state index in [9.17, 15) is 9.90 Å². The number of hydrogen-bond acceptors (Lipinski definition) is 3. The van der Waals surface area contributed by atoms with Gasteiger partial charge in [-0.3, -0.25) is 4.79 Å². The van der Waals surface area contributed by atoms with Crippen LogP contribution in [0.4, 0.5) is 0 Å². The molecule has 4 nitrogen and oxygen atoms in total. The van der Waals surface area contributed by atoms with Crippen LogP contribution in [0, 0.1) is 6.92 Å². The number of aliphatic hydroxyl groups excluding tert-OH is 1. The predicted molar refractivity (Wildman–Crippen MR) is 111 cm³/mol. The molecule has 0 bridgehead atoms. The summed E-state index contributed by atoms with van der Waals surface area (Å²) in [7, 11) is 0. The monoisotopic (exact) mass is 415 g/mol. The minimum atomic E-state index is -0.282. The van der Waals surface area contributed by atoms with Gasteiger partial charge in [0, 0.05) is 12.1 Å². The van der Waals surface area contributed by atoms with Crippen molar-refractivity contribution >= 4 is 29.1 Å². The molecule has 0 aliphatic heterocycles. The number of benzene rings is 3. The Morgan fingerprint density at radius 1 is 0.964 bits per heavy atom. The van der Waals surface area contributed by atoms with Crippen LogP contribution in [0.2, 0.25) is 10.0 Å². The topological polar surface area (TPSA) is 58.6 Å². The first-order chi connectivity index (χ1) is 13.4. The van der Waals surface area contributed by atoms with Gasteiger partial charge in [0.15, 0.2) is 0 Å². The summed E-state index contributed by atoms with van der Waals surface area (Å²) in [6, 6.07) is 17.8. The lowest BCUT2D eigenvalue weighted by molar-refractivity contribution is 0.0950. The van der Waals surface area contributed by atoms with Crippen LogP contribution in [0.3, 0.4) is 0 Å². The molecule has 0 heterocycles. The molecule has 0 fully saturated rings. The fourth-order valence-electron chi connectivity index (χ4n) is 2.69. The highest BCUT2D eigenvalue weighted by Gasteiger charge is 2.11. The summed E-state index contributed by atoms with van der Waals surface area (Å²) in [4.78, 5) is 12.6. The molecule has 0 unspecified atom stereocenters. The maximum atomic E-state index is 12.6. The fraction of sp³-hybridized carbons (Fsp3) is 0.136. The standard InChI is InChI=1S/C22H19Cl2NO3/c1-14-3-2-4-18(7-14)28-19-9-16(13-26)8-17(11-19)22(27)25-12-15-5-6-20(23)21(24)10-15/h2-11,26H,12-13H2,1H3,(H,25,27). The van der Waals surface area contributed by atoms with E-state index >= 15 is 0 Å². The maximum absolute atomic E-state index is 12.6. The van der Waals surface area contributed by atoms with Crippen LogP contribution in [0.5, 0.6) is 11.5 Å². The quantitative estimate of drug-likeness (QED) is 0.557. The molecular formula is C22H19Cl2NO3. The number of rotatable bonds is 6. The normalized spacial score (nSPS) is 10.6. The molecular weight excluding hydrogens is 397 g/mol. The Kier molecular flexibility index (Phi) is 6.57. The van der Waals surface area contributed by atoms with E-state index < -0.39 is 0 Å². The van der Waals surface area contributed by atoms with Crippen LogP contribution in [0.25, 0.3) is 0 Å². The van der Waals surface area contributed by atoms with Gasteiger partial charge in [0.25, 0.3) is 5.91 Å². The lowest BCUT2D eigenvalue weighted by atomic mass is 10.1. The van der Waals surface area contributed by atoms with Gasteiger partial charge in [0.05, 0.1) is 16.7 Å². The number of aryl methyl sites for hydroxylation is 1. The molecule has 144 valence electrons. The molecule has 2 N–H and O–H groups in total. The van der Waals surface area contributed by atoms with Crippen LogP contribution in [0.15, 0.2) is 60.7 Å².